The summed E-state index contributed by atoms with van der Waals surface area (Å²) in [5.74, 6) is 0.173. The largest absolute Gasteiger partial charge is 0.512 e. The molecule has 1 radical (unpaired) electrons. The Hall–Kier alpha value is -0.330. The molecular weight excluding hydrogens is 396 g/mol. The van der Waals surface area contributed by atoms with Crippen molar-refractivity contribution in [2.45, 2.75) is 20.8 Å². The van der Waals surface area contributed by atoms with Crippen molar-refractivity contribution >= 4 is 11.6 Å². The van der Waals surface area contributed by atoms with Crippen molar-refractivity contribution in [1.82, 2.24) is 0 Å². The van der Waals surface area contributed by atoms with E-state index < -0.39 is 0 Å². The van der Waals surface area contributed by atoms with Crippen LogP contribution in [0.1, 0.15) is 26.3 Å². The van der Waals surface area contributed by atoms with Crippen LogP contribution in [0, 0.1) is 31.2 Å². The second-order valence-corrected chi connectivity index (χ2v) is 3.24. The summed E-state index contributed by atoms with van der Waals surface area (Å²) in [7, 11) is 0. The van der Waals surface area contributed by atoms with Crippen LogP contribution < -0.4 is 0 Å². The third kappa shape index (κ3) is 25.0. The minimum atomic E-state index is 0. The number of ketones is 2. The van der Waals surface area contributed by atoms with Gasteiger partial charge in [-0.3, -0.25) is 4.79 Å². The van der Waals surface area contributed by atoms with Crippen LogP contribution in [0.2, 0.25) is 0 Å². The number of hydrogen-bond donors (Lipinski definition) is 0. The molecule has 0 saturated heterocycles. The molecule has 6 N–H and O–H groups in total. The first kappa shape index (κ1) is 32.6. The molecular formula is C14H29Cl2NbO4+7. The molecule has 0 amide bonds. The Labute approximate surface area is 154 Å². The predicted octanol–water partition coefficient (Wildman–Crippen LogP) is -0.263. The van der Waals surface area contributed by atoms with Gasteiger partial charge in [0.05, 0.1) is 31.7 Å². The zero-order chi connectivity index (χ0) is 14.4. The van der Waals surface area contributed by atoms with E-state index in [0.29, 0.717) is 18.8 Å². The molecule has 0 aliphatic heterocycles. The van der Waals surface area contributed by atoms with Gasteiger partial charge in [0, 0.05) is 48.4 Å². The summed E-state index contributed by atoms with van der Waals surface area (Å²) in [4.78, 5) is 18.2. The third-order valence-electron chi connectivity index (χ3n) is 1.42. The Kier molecular flexibility index (Phi) is 38.3. The Morgan fingerprint density at radius 3 is 1.62 bits per heavy atom. The molecule has 21 heavy (non-hydrogen) atoms. The Balaban J connectivity index is -0.0000000830. The average molecular weight is 425 g/mol. The summed E-state index contributed by atoms with van der Waals surface area (Å²) in [5.41, 5.74) is 0.700. The van der Waals surface area contributed by atoms with Crippen LogP contribution in [0.3, 0.4) is 0 Å². The first-order chi connectivity index (χ1) is 8.53. The first-order valence-electron chi connectivity index (χ1n) is 5.81. The second kappa shape index (κ2) is 24.7. The van der Waals surface area contributed by atoms with Crippen molar-refractivity contribution in [2.24, 2.45) is 0 Å². The first-order valence-corrected chi connectivity index (χ1v) is 5.81. The quantitative estimate of drug-likeness (QED) is 0.210. The number of rotatable bonds is 3. The summed E-state index contributed by atoms with van der Waals surface area (Å²) in [6.07, 6.45) is 1.31. The number of benzene rings is 1. The molecule has 0 spiro atoms. The topological polar surface area (TPSA) is 88.6 Å². The molecule has 1 rings (SSSR count). The maximum atomic E-state index is 9.37. The zero-order valence-corrected chi connectivity index (χ0v) is 16.6. The van der Waals surface area contributed by atoms with Crippen molar-refractivity contribution in [3.63, 3.8) is 0 Å². The molecule has 0 fully saturated rings. The minimum Gasteiger partial charge on any atom is -0.446 e. The van der Waals surface area contributed by atoms with Crippen LogP contribution in [0.5, 0.6) is 0 Å². The van der Waals surface area contributed by atoms with E-state index in [9.17, 15) is 4.79 Å². The van der Waals surface area contributed by atoms with Gasteiger partial charge in [0.1, 0.15) is 13.2 Å². The van der Waals surface area contributed by atoms with Crippen molar-refractivity contribution in [3.8, 4) is 0 Å². The smallest absolute Gasteiger partial charge is 0.446 e. The van der Waals surface area contributed by atoms with Crippen molar-refractivity contribution in [3.05, 3.63) is 42.3 Å². The van der Waals surface area contributed by atoms with Crippen LogP contribution in [-0.4, -0.2) is 44.6 Å². The molecule has 0 bridgehead atoms. The van der Waals surface area contributed by atoms with Gasteiger partial charge in [-0.1, -0.05) is 6.07 Å². The Morgan fingerprint density at radius 1 is 1.00 bits per heavy atom. The second-order valence-electron chi connectivity index (χ2n) is 3.24. The number of hydrogen-bond acceptors (Lipinski definition) is 0. The van der Waals surface area contributed by atoms with Gasteiger partial charge >= 0.3 is 11.6 Å². The fraction of sp³-hybridized carbons (Fsp3) is 0.357. The monoisotopic (exact) mass is 424 g/mol. The van der Waals surface area contributed by atoms with Crippen LogP contribution >= 0.6 is 0 Å². The molecule has 0 heterocycles. The van der Waals surface area contributed by atoms with Gasteiger partial charge in [0.2, 0.25) is 5.56 Å². The molecule has 4 nitrogen and oxygen atoms in total. The van der Waals surface area contributed by atoms with Gasteiger partial charge in [-0.25, -0.2) is 4.79 Å². The summed E-state index contributed by atoms with van der Waals surface area (Å²) in [6, 6.07) is 9.06. The Morgan fingerprint density at radius 2 is 1.33 bits per heavy atom. The van der Waals surface area contributed by atoms with E-state index in [2.05, 4.69) is 0 Å². The van der Waals surface area contributed by atoms with Crippen LogP contribution in [0.15, 0.2) is 30.3 Å². The maximum absolute atomic E-state index is 9.37. The van der Waals surface area contributed by atoms with Crippen molar-refractivity contribution in [1.29, 1.82) is 0 Å². The third-order valence-corrected chi connectivity index (χ3v) is 1.42. The van der Waals surface area contributed by atoms with Gasteiger partial charge in [-0.2, -0.15) is 0 Å². The minimum absolute atomic E-state index is 0. The van der Waals surface area contributed by atoms with E-state index in [-0.39, 0.29) is 58.8 Å². The molecule has 1 aromatic carbocycles. The van der Waals surface area contributed by atoms with E-state index in [1.165, 1.54) is 13.3 Å². The fourth-order valence-corrected chi connectivity index (χ4v) is 0.890. The summed E-state index contributed by atoms with van der Waals surface area (Å²) >= 11 is 0. The molecule has 1 aromatic rings. The standard InChI is InChI=1S/C10H9O2.2C2H6O.2ClH2.Nb/c1-8(11)7-10(12)9-5-3-2-4-6-9;2*1-2-3;;;/h2-7H,1H3;2*3H,2H2,1H3;2*1H2;/q+1;;;2*+1;/p+4. The van der Waals surface area contributed by atoms with Gasteiger partial charge in [0.25, 0.3) is 6.42 Å². The molecule has 0 aromatic heterocycles. The van der Waals surface area contributed by atoms with Gasteiger partial charge in [0.15, 0.2) is 0 Å². The van der Waals surface area contributed by atoms with E-state index in [0.717, 1.165) is 0 Å². The van der Waals surface area contributed by atoms with Gasteiger partial charge < -0.3 is 10.2 Å². The molecule has 0 saturated carbocycles. The molecule has 0 aliphatic carbocycles. The molecule has 0 atom stereocenters. The van der Waals surface area contributed by atoms with Crippen LogP contribution in [0.25, 0.3) is 0 Å². The van der Waals surface area contributed by atoms with Gasteiger partial charge in [-0.15, -0.1) is 0 Å². The number of halogens is 2. The predicted molar refractivity (Wildman–Crippen MR) is 83.3 cm³/mol. The molecule has 7 heteroatoms. The molecule has 0 unspecified atom stereocenters. The van der Waals surface area contributed by atoms with E-state index in [1.807, 2.05) is 18.2 Å². The Bertz CT molecular complexity index is 333. The van der Waals surface area contributed by atoms with Gasteiger partial charge in [-0.05, 0) is 12.1 Å². The molecule has 121 valence electrons. The maximum Gasteiger partial charge on any atom is 0.512 e. The van der Waals surface area contributed by atoms with Crippen molar-refractivity contribution < 1.29 is 67.0 Å². The average Bonchev–Trinajstić information content (AvgIpc) is 2.31. The fourth-order valence-electron chi connectivity index (χ4n) is 0.890. The zero-order valence-electron chi connectivity index (χ0n) is 12.6. The van der Waals surface area contributed by atoms with E-state index in [1.54, 1.807) is 26.0 Å². The summed E-state index contributed by atoms with van der Waals surface area (Å²) in [5, 5.41) is 12.4. The normalized spacial score (nSPS) is 6.90. The van der Waals surface area contributed by atoms with E-state index in [4.69, 9.17) is 15.0 Å². The van der Waals surface area contributed by atoms with Crippen LogP contribution in [-0.2, 0) is 22.4 Å². The summed E-state index contributed by atoms with van der Waals surface area (Å²) < 4.78 is 0. The van der Waals surface area contributed by atoms with Crippen molar-refractivity contribution in [2.75, 3.05) is 13.2 Å². The van der Waals surface area contributed by atoms with Crippen LogP contribution in [0.4, 0.5) is 0 Å². The van der Waals surface area contributed by atoms with E-state index >= 15 is 0 Å². The molecule has 0 aliphatic rings. The summed E-state index contributed by atoms with van der Waals surface area (Å²) in [6.45, 7) is 6.10. The number of carbonyl (C=O) groups excluding carboxylic acids is 2. The SMILES string of the molecule is CC(=[OH+])[CH+]C(=[OH+])c1ccccc1.CC[OH2+].CC[OH2+].[ClH2+].[ClH2+].[Nb].